The Bertz CT molecular complexity index is 806. The molecule has 2 heterocycles. The fourth-order valence-electron chi connectivity index (χ4n) is 2.99. The molecular weight excluding hydrogens is 306 g/mol. The van der Waals surface area contributed by atoms with E-state index < -0.39 is 0 Å². The van der Waals surface area contributed by atoms with Crippen LogP contribution in [0, 0.1) is 5.92 Å². The standard InChI is InChI=1S/C18H19N3O3/c19-16(22)13-6-8-21(9-7-13)18(24)14-10-15(17(23)20-11-14)12-4-2-1-3-5-12/h1-5,10-11,13H,6-9H2,(H2,19,22)(H,20,23). The number of hydrogen-bond acceptors (Lipinski definition) is 3. The third kappa shape index (κ3) is 3.22. The highest BCUT2D eigenvalue weighted by Gasteiger charge is 2.26. The molecule has 0 saturated carbocycles. The third-order valence-corrected chi connectivity index (χ3v) is 4.42. The molecule has 6 heteroatoms. The lowest BCUT2D eigenvalue weighted by Gasteiger charge is -2.30. The van der Waals surface area contributed by atoms with Crippen molar-refractivity contribution >= 4 is 11.8 Å². The minimum absolute atomic E-state index is 0.147. The van der Waals surface area contributed by atoms with Crippen LogP contribution >= 0.6 is 0 Å². The van der Waals surface area contributed by atoms with Gasteiger partial charge in [-0.1, -0.05) is 30.3 Å². The van der Waals surface area contributed by atoms with Gasteiger partial charge in [-0.3, -0.25) is 14.4 Å². The van der Waals surface area contributed by atoms with Crippen LogP contribution in [-0.4, -0.2) is 34.8 Å². The summed E-state index contributed by atoms with van der Waals surface area (Å²) in [7, 11) is 0. The summed E-state index contributed by atoms with van der Waals surface area (Å²) in [6.45, 7) is 0.985. The Morgan fingerprint density at radius 2 is 1.79 bits per heavy atom. The van der Waals surface area contributed by atoms with Gasteiger partial charge in [-0.25, -0.2) is 0 Å². The number of aromatic nitrogens is 1. The third-order valence-electron chi connectivity index (χ3n) is 4.42. The van der Waals surface area contributed by atoms with Gasteiger partial charge in [0.15, 0.2) is 0 Å². The Balaban J connectivity index is 1.82. The van der Waals surface area contributed by atoms with Crippen molar-refractivity contribution in [3.05, 3.63) is 58.5 Å². The predicted octanol–water partition coefficient (Wildman–Crippen LogP) is 1.38. The van der Waals surface area contributed by atoms with Gasteiger partial charge < -0.3 is 15.6 Å². The summed E-state index contributed by atoms with van der Waals surface area (Å²) in [6.07, 6.45) is 2.60. The van der Waals surface area contributed by atoms with Gasteiger partial charge in [0, 0.05) is 30.8 Å². The Kier molecular flexibility index (Phi) is 4.46. The van der Waals surface area contributed by atoms with Crippen molar-refractivity contribution in [2.45, 2.75) is 12.8 Å². The zero-order chi connectivity index (χ0) is 17.1. The van der Waals surface area contributed by atoms with Gasteiger partial charge >= 0.3 is 0 Å². The number of carbonyl (C=O) groups excluding carboxylic acids is 2. The number of aromatic amines is 1. The second-order valence-electron chi connectivity index (χ2n) is 5.97. The summed E-state index contributed by atoms with van der Waals surface area (Å²) in [5, 5.41) is 0. The minimum atomic E-state index is -0.308. The average Bonchev–Trinajstić information content (AvgIpc) is 2.62. The van der Waals surface area contributed by atoms with Crippen LogP contribution < -0.4 is 11.3 Å². The molecule has 124 valence electrons. The first-order chi connectivity index (χ1) is 11.6. The number of rotatable bonds is 3. The van der Waals surface area contributed by atoms with E-state index in [-0.39, 0.29) is 23.3 Å². The lowest BCUT2D eigenvalue weighted by atomic mass is 9.96. The van der Waals surface area contributed by atoms with Crippen LogP contribution in [0.3, 0.4) is 0 Å². The number of nitrogens with one attached hydrogen (secondary N) is 1. The van der Waals surface area contributed by atoms with E-state index in [1.54, 1.807) is 11.0 Å². The van der Waals surface area contributed by atoms with Gasteiger partial charge in [0.2, 0.25) is 5.91 Å². The Morgan fingerprint density at radius 1 is 1.12 bits per heavy atom. The normalized spacial score (nSPS) is 15.2. The number of carbonyl (C=O) groups is 2. The molecular formula is C18H19N3O3. The fourth-order valence-corrected chi connectivity index (χ4v) is 2.99. The van der Waals surface area contributed by atoms with E-state index >= 15 is 0 Å². The van der Waals surface area contributed by atoms with Crippen molar-refractivity contribution in [2.24, 2.45) is 11.7 Å². The van der Waals surface area contributed by atoms with Crippen LogP contribution in [0.4, 0.5) is 0 Å². The molecule has 0 radical (unpaired) electrons. The van der Waals surface area contributed by atoms with E-state index in [0.29, 0.717) is 37.1 Å². The zero-order valence-corrected chi connectivity index (χ0v) is 13.2. The molecule has 1 aromatic heterocycles. The maximum absolute atomic E-state index is 12.7. The Labute approximate surface area is 139 Å². The molecule has 0 spiro atoms. The molecule has 6 nitrogen and oxygen atoms in total. The molecule has 0 atom stereocenters. The lowest BCUT2D eigenvalue weighted by Crippen LogP contribution is -2.41. The van der Waals surface area contributed by atoms with Crippen LogP contribution in [-0.2, 0) is 4.79 Å². The van der Waals surface area contributed by atoms with Gasteiger partial charge in [0.25, 0.3) is 11.5 Å². The van der Waals surface area contributed by atoms with Crippen molar-refractivity contribution in [1.29, 1.82) is 0 Å². The molecule has 2 amide bonds. The Morgan fingerprint density at radius 3 is 2.42 bits per heavy atom. The van der Waals surface area contributed by atoms with Crippen LogP contribution in [0.1, 0.15) is 23.2 Å². The van der Waals surface area contributed by atoms with E-state index in [9.17, 15) is 14.4 Å². The number of nitrogens with zero attached hydrogens (tertiary/aromatic N) is 1. The highest BCUT2D eigenvalue weighted by molar-refractivity contribution is 5.95. The topological polar surface area (TPSA) is 96.3 Å². The molecule has 1 aliphatic rings. The van der Waals surface area contributed by atoms with Crippen molar-refractivity contribution in [3.8, 4) is 11.1 Å². The summed E-state index contributed by atoms with van der Waals surface area (Å²) in [5.74, 6) is -0.617. The number of benzene rings is 1. The Hall–Kier alpha value is -2.89. The fraction of sp³-hybridized carbons (Fsp3) is 0.278. The van der Waals surface area contributed by atoms with Gasteiger partial charge in [-0.2, -0.15) is 0 Å². The molecule has 1 saturated heterocycles. The lowest BCUT2D eigenvalue weighted by molar-refractivity contribution is -0.123. The number of nitrogens with two attached hydrogens (primary N) is 1. The highest BCUT2D eigenvalue weighted by Crippen LogP contribution is 2.20. The molecule has 0 unspecified atom stereocenters. The second kappa shape index (κ2) is 6.70. The number of hydrogen-bond donors (Lipinski definition) is 2. The first-order valence-electron chi connectivity index (χ1n) is 7.93. The number of primary amides is 1. The van der Waals surface area contributed by atoms with Gasteiger partial charge in [-0.05, 0) is 24.5 Å². The second-order valence-corrected chi connectivity index (χ2v) is 5.97. The number of pyridine rings is 1. The summed E-state index contributed by atoms with van der Waals surface area (Å²) in [6, 6.07) is 10.8. The van der Waals surface area contributed by atoms with Crippen molar-refractivity contribution in [2.75, 3.05) is 13.1 Å². The van der Waals surface area contributed by atoms with Crippen LogP contribution in [0.5, 0.6) is 0 Å². The first kappa shape index (κ1) is 16.0. The van der Waals surface area contributed by atoms with E-state index in [2.05, 4.69) is 4.98 Å². The predicted molar refractivity (Wildman–Crippen MR) is 90.3 cm³/mol. The molecule has 3 N–H and O–H groups in total. The number of piperidine rings is 1. The van der Waals surface area contributed by atoms with Crippen LogP contribution in [0.2, 0.25) is 0 Å². The largest absolute Gasteiger partial charge is 0.369 e. The van der Waals surface area contributed by atoms with Crippen LogP contribution in [0.25, 0.3) is 11.1 Å². The van der Waals surface area contributed by atoms with Gasteiger partial charge in [0.05, 0.1) is 5.56 Å². The summed E-state index contributed by atoms with van der Waals surface area (Å²) in [5.41, 5.74) is 6.75. The molecule has 0 bridgehead atoms. The maximum Gasteiger partial charge on any atom is 0.255 e. The molecule has 1 aromatic carbocycles. The zero-order valence-electron chi connectivity index (χ0n) is 13.2. The van der Waals surface area contributed by atoms with E-state index in [0.717, 1.165) is 5.56 Å². The SMILES string of the molecule is NC(=O)C1CCN(C(=O)c2c[nH]c(=O)c(-c3ccccc3)c2)CC1. The molecule has 1 aliphatic heterocycles. The summed E-state index contributed by atoms with van der Waals surface area (Å²) in [4.78, 5) is 40.3. The van der Waals surface area contributed by atoms with E-state index in [1.165, 1.54) is 6.20 Å². The highest BCUT2D eigenvalue weighted by atomic mass is 16.2. The average molecular weight is 325 g/mol. The van der Waals surface area contributed by atoms with E-state index in [1.807, 2.05) is 30.3 Å². The number of amides is 2. The molecule has 24 heavy (non-hydrogen) atoms. The first-order valence-corrected chi connectivity index (χ1v) is 7.93. The minimum Gasteiger partial charge on any atom is -0.369 e. The van der Waals surface area contributed by atoms with Crippen LogP contribution in [0.15, 0.2) is 47.4 Å². The smallest absolute Gasteiger partial charge is 0.255 e. The van der Waals surface area contributed by atoms with Crippen molar-refractivity contribution < 1.29 is 9.59 Å². The molecule has 3 rings (SSSR count). The molecule has 0 aliphatic carbocycles. The van der Waals surface area contributed by atoms with Gasteiger partial charge in [0.1, 0.15) is 0 Å². The summed E-state index contributed by atoms with van der Waals surface area (Å²) < 4.78 is 0. The number of likely N-dealkylation sites (tertiary alicyclic amines) is 1. The van der Waals surface area contributed by atoms with Crippen molar-refractivity contribution in [3.63, 3.8) is 0 Å². The molecule has 1 fully saturated rings. The quantitative estimate of drug-likeness (QED) is 0.892. The van der Waals surface area contributed by atoms with Crippen molar-refractivity contribution in [1.82, 2.24) is 9.88 Å². The molecule has 2 aromatic rings. The van der Waals surface area contributed by atoms with E-state index in [4.69, 9.17) is 5.73 Å². The maximum atomic E-state index is 12.7. The number of H-pyrrole nitrogens is 1. The monoisotopic (exact) mass is 325 g/mol. The van der Waals surface area contributed by atoms with Gasteiger partial charge in [-0.15, -0.1) is 0 Å². The summed E-state index contributed by atoms with van der Waals surface area (Å²) >= 11 is 0.